The van der Waals surface area contributed by atoms with Gasteiger partial charge in [0.2, 0.25) is 10.0 Å². The molecule has 8 nitrogen and oxygen atoms in total. The van der Waals surface area contributed by atoms with Crippen LogP contribution in [0, 0.1) is 35.0 Å². The minimum absolute atomic E-state index is 0.0887. The standard InChI is InChI=1S/C43H61ClN2O6SSi/c1-10-36(44)25-33-16-14-21-42(31(33)3)28-46-27-35-17-19-37(35)43(48,22-11-12-24-52-54(8,9)41(5,6)7)23-13-15-30(2)32(4)53(49,50)45-40(47)34-18-20-39(51-29-42)38(46)26-34/h10,13,18,20,23,25-26,30,32,35,37,48H,3,12,14-17,19,21,24,27-29H2,1-2,4-9H3,(H,45,47)/b23-13+,33-25-,36-10+/t30-,32+,35-,37+,42-,43-/m0/s1. The summed E-state index contributed by atoms with van der Waals surface area (Å²) in [6.45, 7) is 23.2. The molecule has 2 fully saturated rings. The average molecular weight is 798 g/mol. The van der Waals surface area contributed by atoms with Gasteiger partial charge in [-0.25, -0.2) is 13.1 Å². The van der Waals surface area contributed by atoms with Crippen molar-refractivity contribution in [3.05, 3.63) is 70.8 Å². The first kappa shape index (κ1) is 42.3. The molecule has 1 aromatic carbocycles. The second-order valence-corrected chi connectivity index (χ2v) is 24.8. The first-order chi connectivity index (χ1) is 25.2. The molecule has 1 spiro atoms. The number of nitrogens with zero attached hydrogens (tertiary/aromatic N) is 1. The highest BCUT2D eigenvalue weighted by atomic mass is 35.5. The van der Waals surface area contributed by atoms with Crippen LogP contribution in [-0.4, -0.2) is 64.9 Å². The fourth-order valence-electron chi connectivity index (χ4n) is 7.83. The highest BCUT2D eigenvalue weighted by Gasteiger charge is 2.48. The number of hydrogen-bond donors (Lipinski definition) is 2. The van der Waals surface area contributed by atoms with Gasteiger partial charge in [0.15, 0.2) is 8.32 Å². The van der Waals surface area contributed by atoms with Gasteiger partial charge in [-0.05, 0) is 124 Å². The molecule has 11 heteroatoms. The Bertz CT molecular complexity index is 1870. The number of amides is 1. The number of aliphatic hydroxyl groups is 1. The molecule has 0 saturated heterocycles. The number of rotatable bonds is 4. The highest BCUT2D eigenvalue weighted by molar-refractivity contribution is 7.90. The van der Waals surface area contributed by atoms with E-state index in [1.165, 1.54) is 0 Å². The smallest absolute Gasteiger partial charge is 0.264 e. The summed E-state index contributed by atoms with van der Waals surface area (Å²) in [5.74, 6) is 6.10. The minimum atomic E-state index is -4.02. The molecular formula is C43H61ClN2O6SSi. The van der Waals surface area contributed by atoms with Gasteiger partial charge in [-0.3, -0.25) is 4.79 Å². The lowest BCUT2D eigenvalue weighted by molar-refractivity contribution is -0.00344. The molecule has 2 N–H and O–H groups in total. The SMILES string of the molecule is C=C1/C(=C\C(Cl)=C/C)CCC[C@]12COc1ccc3cc1N(C[C@@H]1CC[C@H]1[C@](O)(C#CCCO[Si](C)(C)C(C)(C)C)/C=C/C[C@H](C)[C@@H](C)S(=O)(=O)NC3=O)C2. The van der Waals surface area contributed by atoms with Gasteiger partial charge < -0.3 is 19.2 Å². The van der Waals surface area contributed by atoms with E-state index in [4.69, 9.17) is 20.8 Å². The van der Waals surface area contributed by atoms with Crippen molar-refractivity contribution in [3.63, 3.8) is 0 Å². The highest BCUT2D eigenvalue weighted by Crippen LogP contribution is 2.50. The van der Waals surface area contributed by atoms with Crippen LogP contribution in [-0.2, 0) is 14.4 Å². The molecule has 2 aliphatic heterocycles. The Morgan fingerprint density at radius 1 is 1.26 bits per heavy atom. The minimum Gasteiger partial charge on any atom is -0.490 e. The lowest BCUT2D eigenvalue weighted by Crippen LogP contribution is -2.51. The fourth-order valence-corrected chi connectivity index (χ4v) is 10.3. The van der Waals surface area contributed by atoms with Gasteiger partial charge in [-0.1, -0.05) is 69.9 Å². The maximum atomic E-state index is 13.6. The topological polar surface area (TPSA) is 105 Å². The lowest BCUT2D eigenvalue weighted by Gasteiger charge is -2.48. The van der Waals surface area contributed by atoms with Crippen LogP contribution in [0.2, 0.25) is 18.1 Å². The summed E-state index contributed by atoms with van der Waals surface area (Å²) in [4.78, 5) is 15.9. The van der Waals surface area contributed by atoms with Crippen molar-refractivity contribution in [1.82, 2.24) is 4.72 Å². The Hall–Kier alpha value is -2.81. The third-order valence-electron chi connectivity index (χ3n) is 12.9. The number of allylic oxidation sites excluding steroid dienone is 5. The van der Waals surface area contributed by atoms with Crippen LogP contribution in [0.5, 0.6) is 5.75 Å². The van der Waals surface area contributed by atoms with E-state index in [0.29, 0.717) is 49.9 Å². The molecule has 0 unspecified atom stereocenters. The molecule has 2 aliphatic carbocycles. The third-order valence-corrected chi connectivity index (χ3v) is 19.7. The molecule has 6 atom stereocenters. The van der Waals surface area contributed by atoms with Crippen molar-refractivity contribution in [1.29, 1.82) is 0 Å². The molecule has 1 amide bonds. The van der Waals surface area contributed by atoms with Crippen molar-refractivity contribution in [2.24, 2.45) is 23.2 Å². The number of sulfonamides is 1. The van der Waals surface area contributed by atoms with Gasteiger partial charge in [0, 0.05) is 48.0 Å². The van der Waals surface area contributed by atoms with E-state index in [1.54, 1.807) is 31.2 Å². The summed E-state index contributed by atoms with van der Waals surface area (Å²) in [5.41, 5.74) is 1.23. The molecule has 0 radical (unpaired) electrons. The van der Waals surface area contributed by atoms with Crippen LogP contribution in [0.1, 0.15) is 96.8 Å². The van der Waals surface area contributed by atoms with Crippen molar-refractivity contribution >= 4 is 41.5 Å². The van der Waals surface area contributed by atoms with Crippen LogP contribution in [0.3, 0.4) is 0 Å². The Morgan fingerprint density at radius 3 is 2.67 bits per heavy atom. The summed E-state index contributed by atoms with van der Waals surface area (Å²) in [5, 5.41) is 12.3. The number of hydrogen-bond acceptors (Lipinski definition) is 7. The van der Waals surface area contributed by atoms with E-state index in [0.717, 1.165) is 48.9 Å². The molecular weight excluding hydrogens is 736 g/mol. The van der Waals surface area contributed by atoms with Gasteiger partial charge in [-0.2, -0.15) is 0 Å². The first-order valence-corrected chi connectivity index (χ1v) is 24.4. The lowest BCUT2D eigenvalue weighted by atomic mass is 9.64. The largest absolute Gasteiger partial charge is 0.490 e. The van der Waals surface area contributed by atoms with E-state index >= 15 is 0 Å². The van der Waals surface area contributed by atoms with E-state index < -0.39 is 40.5 Å². The predicted octanol–water partition coefficient (Wildman–Crippen LogP) is 8.90. The number of benzene rings is 1. The van der Waals surface area contributed by atoms with Crippen LogP contribution in [0.4, 0.5) is 5.69 Å². The quantitative estimate of drug-likeness (QED) is 0.136. The Morgan fingerprint density at radius 2 is 2.00 bits per heavy atom. The predicted molar refractivity (Wildman–Crippen MR) is 223 cm³/mol. The molecule has 2 heterocycles. The van der Waals surface area contributed by atoms with Gasteiger partial charge in [-0.15, -0.1) is 0 Å². The van der Waals surface area contributed by atoms with Crippen molar-refractivity contribution in [2.75, 3.05) is 31.2 Å². The average Bonchev–Trinajstić information content (AvgIpc) is 3.23. The Kier molecular flexibility index (Phi) is 12.8. The molecule has 296 valence electrons. The van der Waals surface area contributed by atoms with Crippen LogP contribution in [0.25, 0.3) is 0 Å². The number of carbonyl (C=O) groups excluding carboxylic acids is 1. The molecule has 5 rings (SSSR count). The van der Waals surface area contributed by atoms with Gasteiger partial charge >= 0.3 is 0 Å². The summed E-state index contributed by atoms with van der Waals surface area (Å²) < 4.78 is 42.3. The second kappa shape index (κ2) is 16.3. The Balaban J connectivity index is 1.54. The van der Waals surface area contributed by atoms with Gasteiger partial charge in [0.1, 0.15) is 11.4 Å². The number of nitrogens with one attached hydrogen (secondary N) is 1. The number of ether oxygens (including phenoxy) is 1. The van der Waals surface area contributed by atoms with Crippen LogP contribution >= 0.6 is 11.6 Å². The third kappa shape index (κ3) is 9.07. The molecule has 2 saturated carbocycles. The summed E-state index contributed by atoms with van der Waals surface area (Å²) in [7, 11) is -5.96. The first-order valence-electron chi connectivity index (χ1n) is 19.6. The summed E-state index contributed by atoms with van der Waals surface area (Å²) >= 11 is 6.50. The second-order valence-electron chi connectivity index (χ2n) is 17.5. The molecule has 4 aliphatic rings. The number of fused-ring (bicyclic) bond motifs is 2. The van der Waals surface area contributed by atoms with Crippen molar-refractivity contribution in [3.8, 4) is 17.6 Å². The van der Waals surface area contributed by atoms with Gasteiger partial charge in [0.05, 0.1) is 17.5 Å². The summed E-state index contributed by atoms with van der Waals surface area (Å²) in [6.07, 6.45) is 12.8. The molecule has 0 aromatic heterocycles. The molecule has 54 heavy (non-hydrogen) atoms. The van der Waals surface area contributed by atoms with E-state index in [1.807, 2.05) is 32.1 Å². The van der Waals surface area contributed by atoms with Crippen LogP contribution < -0.4 is 14.4 Å². The molecule has 1 aromatic rings. The number of halogens is 1. The normalized spacial score (nSPS) is 32.0. The fraction of sp³-hybridized carbons (Fsp3) is 0.605. The van der Waals surface area contributed by atoms with Gasteiger partial charge in [0.25, 0.3) is 5.91 Å². The van der Waals surface area contributed by atoms with Crippen LogP contribution in [0.15, 0.2) is 65.3 Å². The van der Waals surface area contributed by atoms with E-state index in [2.05, 4.69) is 61.9 Å². The molecule has 2 bridgehead atoms. The Labute approximate surface area is 330 Å². The van der Waals surface area contributed by atoms with E-state index in [-0.39, 0.29) is 28.4 Å². The monoisotopic (exact) mass is 796 g/mol. The summed E-state index contributed by atoms with van der Waals surface area (Å²) in [6, 6.07) is 5.15. The van der Waals surface area contributed by atoms with Crippen molar-refractivity contribution in [2.45, 2.75) is 115 Å². The van der Waals surface area contributed by atoms with E-state index in [9.17, 15) is 18.3 Å². The number of carbonyl (C=O) groups is 1. The zero-order valence-corrected chi connectivity index (χ0v) is 36.1. The maximum Gasteiger partial charge on any atom is 0.264 e. The van der Waals surface area contributed by atoms with Crippen molar-refractivity contribution < 1.29 is 27.5 Å². The maximum absolute atomic E-state index is 13.6. The zero-order chi connectivity index (χ0) is 39.7. The number of anilines is 1. The zero-order valence-electron chi connectivity index (χ0n) is 33.6.